The summed E-state index contributed by atoms with van der Waals surface area (Å²) in [6.45, 7) is 0. The number of hydrogen-bond acceptors (Lipinski definition) is 5. The normalized spacial score (nSPS) is 15.6. The number of nitrogens with zero attached hydrogens (tertiary/aromatic N) is 5. The van der Waals surface area contributed by atoms with Crippen molar-refractivity contribution in [3.63, 3.8) is 0 Å². The van der Waals surface area contributed by atoms with Crippen molar-refractivity contribution >= 4 is 18.0 Å². The fourth-order valence-corrected chi connectivity index (χ4v) is 1.14. The molecule has 0 N–H and O–H groups in total. The maximum Gasteiger partial charge on any atom is 0.233 e. The molecule has 2 heterocycles. The molecule has 5 nitrogen and oxygen atoms in total. The van der Waals surface area contributed by atoms with Gasteiger partial charge in [-0.15, -0.1) is 4.79 Å². The molecule has 0 fully saturated rings. The van der Waals surface area contributed by atoms with Crippen LogP contribution >= 0.6 is 11.8 Å². The highest BCUT2D eigenvalue weighted by Gasteiger charge is 2.06. The number of rotatable bonds is 0. The van der Waals surface area contributed by atoms with Crippen LogP contribution in [0.5, 0.6) is 0 Å². The number of fused-ring (bicyclic) bond motifs is 1. The molecule has 0 saturated heterocycles. The van der Waals surface area contributed by atoms with E-state index in [9.17, 15) is 0 Å². The van der Waals surface area contributed by atoms with E-state index in [1.165, 1.54) is 4.79 Å². The summed E-state index contributed by atoms with van der Waals surface area (Å²) in [5.41, 5.74) is 0. The molecule has 9 heavy (non-hydrogen) atoms. The third kappa shape index (κ3) is 0.710. The molecule has 1 aliphatic rings. The van der Waals surface area contributed by atoms with Crippen LogP contribution in [0.1, 0.15) is 0 Å². The minimum atomic E-state index is 0.762. The zero-order valence-electron chi connectivity index (χ0n) is 4.43. The molecule has 0 bridgehead atoms. The van der Waals surface area contributed by atoms with Gasteiger partial charge in [0.1, 0.15) is 0 Å². The summed E-state index contributed by atoms with van der Waals surface area (Å²) in [7, 11) is 0. The van der Waals surface area contributed by atoms with Crippen LogP contribution in [0.15, 0.2) is 10.3 Å². The van der Waals surface area contributed by atoms with Crippen molar-refractivity contribution in [2.24, 2.45) is 5.10 Å². The van der Waals surface area contributed by atoms with Crippen molar-refractivity contribution in [2.45, 2.75) is 5.16 Å². The van der Waals surface area contributed by atoms with Gasteiger partial charge in [0.2, 0.25) is 5.16 Å². The average Bonchev–Trinajstić information content (AvgIpc) is 2.33. The molecule has 2 rings (SSSR count). The van der Waals surface area contributed by atoms with Gasteiger partial charge < -0.3 is 0 Å². The Labute approximate surface area is 55.1 Å². The van der Waals surface area contributed by atoms with Crippen LogP contribution in [0.3, 0.4) is 0 Å². The maximum atomic E-state index is 3.89. The first kappa shape index (κ1) is 4.92. The van der Waals surface area contributed by atoms with Crippen molar-refractivity contribution in [1.29, 1.82) is 0 Å². The molecule has 0 unspecified atom stereocenters. The minimum absolute atomic E-state index is 0.762. The summed E-state index contributed by atoms with van der Waals surface area (Å²) < 4.78 is 0. The summed E-state index contributed by atoms with van der Waals surface area (Å²) in [4.78, 5) is 1.41. The molecule has 0 radical (unpaired) electrons. The third-order valence-electron chi connectivity index (χ3n) is 0.904. The van der Waals surface area contributed by atoms with Crippen LogP contribution in [0, 0.1) is 0 Å². The van der Waals surface area contributed by atoms with Gasteiger partial charge in [-0.25, -0.2) is 0 Å². The molecule has 1 aromatic heterocycles. The van der Waals surface area contributed by atoms with Gasteiger partial charge in [0.05, 0.1) is 0 Å². The second kappa shape index (κ2) is 1.80. The minimum Gasteiger partial charge on any atom is -0.158 e. The predicted molar refractivity (Wildman–Crippen MR) is 32.4 cm³/mol. The fraction of sp³-hybridized carbons (Fsp3) is 0.333. The first-order valence-corrected chi connectivity index (χ1v) is 3.39. The quantitative estimate of drug-likeness (QED) is 0.494. The van der Waals surface area contributed by atoms with Gasteiger partial charge in [0, 0.05) is 12.0 Å². The second-order valence-electron chi connectivity index (χ2n) is 1.46. The lowest BCUT2D eigenvalue weighted by atomic mass is 10.9. The maximum absolute atomic E-state index is 3.89. The molecule has 0 aromatic carbocycles. The van der Waals surface area contributed by atoms with E-state index in [0.717, 1.165) is 10.9 Å². The molecule has 1 aromatic rings. The zero-order chi connectivity index (χ0) is 6.10. The van der Waals surface area contributed by atoms with E-state index in [1.807, 2.05) is 0 Å². The van der Waals surface area contributed by atoms with Crippen molar-refractivity contribution in [3.05, 3.63) is 0 Å². The van der Waals surface area contributed by atoms with E-state index in [1.54, 1.807) is 18.0 Å². The van der Waals surface area contributed by atoms with Gasteiger partial charge in [-0.1, -0.05) is 16.9 Å². The fourth-order valence-electron chi connectivity index (χ4n) is 0.556. The average molecular weight is 141 g/mol. The smallest absolute Gasteiger partial charge is 0.158 e. The third-order valence-corrected chi connectivity index (χ3v) is 1.72. The molecule has 0 amide bonds. The molecule has 0 saturated carbocycles. The van der Waals surface area contributed by atoms with Crippen LogP contribution in [-0.2, 0) is 0 Å². The largest absolute Gasteiger partial charge is 0.233 e. The highest BCUT2D eigenvalue weighted by molar-refractivity contribution is 7.99. The van der Waals surface area contributed by atoms with E-state index in [-0.39, 0.29) is 0 Å². The summed E-state index contributed by atoms with van der Waals surface area (Å²) >= 11 is 1.57. The molecule has 6 heteroatoms. The van der Waals surface area contributed by atoms with Gasteiger partial charge in [-0.3, -0.25) is 0 Å². The molecular weight excluding hydrogens is 138 g/mol. The van der Waals surface area contributed by atoms with Gasteiger partial charge >= 0.3 is 0 Å². The Hall–Kier alpha value is -0.910. The van der Waals surface area contributed by atoms with Crippen molar-refractivity contribution < 1.29 is 0 Å². The summed E-state index contributed by atoms with van der Waals surface area (Å²) in [6.07, 6.45) is 1.77. The first-order chi connectivity index (χ1) is 4.47. The molecule has 0 aliphatic carbocycles. The zero-order valence-corrected chi connectivity index (χ0v) is 5.25. The van der Waals surface area contributed by atoms with Crippen LogP contribution in [0.25, 0.3) is 0 Å². The van der Waals surface area contributed by atoms with E-state index >= 15 is 0 Å². The van der Waals surface area contributed by atoms with Crippen LogP contribution < -0.4 is 0 Å². The molecular formula is C3H3N5S. The Balaban J connectivity index is 2.53. The number of tetrazole rings is 1. The number of thioether (sulfide) groups is 1. The van der Waals surface area contributed by atoms with Crippen molar-refractivity contribution in [3.8, 4) is 0 Å². The van der Waals surface area contributed by atoms with E-state index in [0.29, 0.717) is 0 Å². The van der Waals surface area contributed by atoms with Gasteiger partial charge in [-0.05, 0) is 10.4 Å². The van der Waals surface area contributed by atoms with Crippen LogP contribution in [0.4, 0.5) is 0 Å². The van der Waals surface area contributed by atoms with Gasteiger partial charge in [-0.2, -0.15) is 5.10 Å². The Morgan fingerprint density at radius 2 is 2.67 bits per heavy atom. The van der Waals surface area contributed by atoms with Crippen molar-refractivity contribution in [1.82, 2.24) is 20.3 Å². The second-order valence-corrected chi connectivity index (χ2v) is 2.45. The Bertz CT molecular complexity index is 240. The van der Waals surface area contributed by atoms with Crippen molar-refractivity contribution in [2.75, 3.05) is 5.75 Å². The lowest BCUT2D eigenvalue weighted by molar-refractivity contribution is 0.643. The monoisotopic (exact) mass is 141 g/mol. The number of hydrogen-bond donors (Lipinski definition) is 0. The Morgan fingerprint density at radius 1 is 1.67 bits per heavy atom. The van der Waals surface area contributed by atoms with Gasteiger partial charge in [0.15, 0.2) is 0 Å². The summed E-state index contributed by atoms with van der Waals surface area (Å²) in [5.74, 6) is 0.861. The summed E-state index contributed by atoms with van der Waals surface area (Å²) in [6, 6.07) is 0. The molecule has 0 atom stereocenters. The van der Waals surface area contributed by atoms with Crippen LogP contribution in [0.2, 0.25) is 0 Å². The van der Waals surface area contributed by atoms with E-state index < -0.39 is 0 Å². The Kier molecular flexibility index (Phi) is 0.984. The molecule has 0 spiro atoms. The van der Waals surface area contributed by atoms with E-state index in [4.69, 9.17) is 0 Å². The lowest BCUT2D eigenvalue weighted by Crippen LogP contribution is -2.01. The summed E-state index contributed by atoms with van der Waals surface area (Å²) in [5, 5.41) is 15.4. The molecule has 46 valence electrons. The topological polar surface area (TPSA) is 56.0 Å². The molecule has 1 aliphatic heterocycles. The highest BCUT2D eigenvalue weighted by atomic mass is 32.2. The van der Waals surface area contributed by atoms with Crippen LogP contribution in [-0.4, -0.2) is 32.3 Å². The highest BCUT2D eigenvalue weighted by Crippen LogP contribution is 2.14. The van der Waals surface area contributed by atoms with E-state index in [2.05, 4.69) is 20.6 Å². The lowest BCUT2D eigenvalue weighted by Gasteiger charge is -1.98. The SMILES string of the molecule is C1=Nn2nnnc2SC1. The van der Waals surface area contributed by atoms with Gasteiger partial charge in [0.25, 0.3) is 0 Å². The standard InChI is InChI=1S/C3H3N5S/c1-2-9-3-5-6-7-8(3)4-1/h1H,2H2. The number of aromatic nitrogens is 4. The predicted octanol–water partition coefficient (Wildman–Crippen LogP) is -0.387. The first-order valence-electron chi connectivity index (χ1n) is 2.41. The Morgan fingerprint density at radius 3 is 3.56 bits per heavy atom.